The van der Waals surface area contributed by atoms with Crippen molar-refractivity contribution in [1.29, 1.82) is 0 Å². The summed E-state index contributed by atoms with van der Waals surface area (Å²) in [6.45, 7) is 0. The molecule has 1 aromatic heterocycles. The van der Waals surface area contributed by atoms with Crippen molar-refractivity contribution in [3.05, 3.63) is 77.9 Å². The lowest BCUT2D eigenvalue weighted by molar-refractivity contribution is 0.0941. The van der Waals surface area contributed by atoms with Crippen LogP contribution in [0.2, 0.25) is 0 Å². The SMILES string of the molecule is COc1ccc(C(NC(=O)c2ccc(S(=O)(=O)N(C)C3CCCCC3)cc2)c2nccn2C)cc1. The molecule has 3 aromatic rings. The summed E-state index contributed by atoms with van der Waals surface area (Å²) < 4.78 is 34.8. The maximum Gasteiger partial charge on any atom is 0.252 e. The van der Waals surface area contributed by atoms with E-state index in [0.29, 0.717) is 17.1 Å². The molecule has 1 amide bonds. The molecule has 1 N–H and O–H groups in total. The summed E-state index contributed by atoms with van der Waals surface area (Å²) in [7, 11) is 1.50. The fraction of sp³-hybridized carbons (Fsp3) is 0.385. The van der Waals surface area contributed by atoms with Crippen LogP contribution in [0.1, 0.15) is 59.9 Å². The van der Waals surface area contributed by atoms with Gasteiger partial charge in [-0.05, 0) is 54.8 Å². The molecule has 0 saturated heterocycles. The lowest BCUT2D eigenvalue weighted by Crippen LogP contribution is -2.38. The van der Waals surface area contributed by atoms with Gasteiger partial charge in [-0.3, -0.25) is 4.79 Å². The summed E-state index contributed by atoms with van der Waals surface area (Å²) in [5, 5.41) is 3.04. The topological polar surface area (TPSA) is 93.5 Å². The second-order valence-electron chi connectivity index (χ2n) is 8.91. The van der Waals surface area contributed by atoms with Gasteiger partial charge < -0.3 is 14.6 Å². The van der Waals surface area contributed by atoms with E-state index in [1.807, 2.05) is 42.1 Å². The van der Waals surface area contributed by atoms with Gasteiger partial charge in [-0.15, -0.1) is 0 Å². The molecule has 1 fully saturated rings. The van der Waals surface area contributed by atoms with E-state index >= 15 is 0 Å². The Kier molecular flexibility index (Phi) is 7.57. The van der Waals surface area contributed by atoms with E-state index in [2.05, 4.69) is 10.3 Å². The number of carbonyl (C=O) groups is 1. The molecule has 1 aliphatic rings. The van der Waals surface area contributed by atoms with Crippen LogP contribution in [0.5, 0.6) is 5.75 Å². The van der Waals surface area contributed by atoms with Gasteiger partial charge in [0.2, 0.25) is 10.0 Å². The molecule has 1 saturated carbocycles. The number of ether oxygens (including phenoxy) is 1. The highest BCUT2D eigenvalue weighted by Gasteiger charge is 2.29. The normalized spacial score (nSPS) is 15.7. The molecule has 1 aliphatic carbocycles. The van der Waals surface area contributed by atoms with Crippen molar-refractivity contribution in [2.45, 2.75) is 49.1 Å². The lowest BCUT2D eigenvalue weighted by atomic mass is 9.96. The van der Waals surface area contributed by atoms with Crippen LogP contribution in [-0.4, -0.2) is 48.4 Å². The zero-order valence-corrected chi connectivity index (χ0v) is 21.2. The average Bonchev–Trinajstić information content (AvgIpc) is 3.32. The monoisotopic (exact) mass is 496 g/mol. The van der Waals surface area contributed by atoms with Crippen LogP contribution < -0.4 is 10.1 Å². The van der Waals surface area contributed by atoms with Crippen LogP contribution >= 0.6 is 0 Å². The molecule has 9 heteroatoms. The summed E-state index contributed by atoms with van der Waals surface area (Å²) in [5.74, 6) is 1.07. The van der Waals surface area contributed by atoms with Gasteiger partial charge in [0.25, 0.3) is 5.91 Å². The first-order valence-electron chi connectivity index (χ1n) is 11.8. The number of methoxy groups -OCH3 is 1. The largest absolute Gasteiger partial charge is 0.497 e. The molecule has 8 nitrogen and oxygen atoms in total. The van der Waals surface area contributed by atoms with Crippen molar-refractivity contribution in [3.8, 4) is 5.75 Å². The number of sulfonamides is 1. The Bertz CT molecular complexity index is 1250. The minimum atomic E-state index is -3.62. The maximum absolute atomic E-state index is 13.2. The average molecular weight is 497 g/mol. The molecular weight excluding hydrogens is 464 g/mol. The van der Waals surface area contributed by atoms with Crippen LogP contribution in [0.15, 0.2) is 65.8 Å². The number of imidazole rings is 1. The summed E-state index contributed by atoms with van der Waals surface area (Å²) >= 11 is 0. The van der Waals surface area contributed by atoms with Crippen LogP contribution in [0, 0.1) is 0 Å². The molecule has 4 rings (SSSR count). The smallest absolute Gasteiger partial charge is 0.252 e. The molecule has 1 unspecified atom stereocenters. The van der Waals surface area contributed by atoms with Crippen molar-refractivity contribution >= 4 is 15.9 Å². The standard InChI is InChI=1S/C26H32N4O4S/c1-29-18-17-27-25(29)24(19-9-13-22(34-3)14-10-19)28-26(31)20-11-15-23(16-12-20)35(32,33)30(2)21-7-5-4-6-8-21/h9-18,21,24H,4-8H2,1-3H3,(H,28,31). The second-order valence-corrected chi connectivity index (χ2v) is 10.9. The minimum Gasteiger partial charge on any atom is -0.497 e. The minimum absolute atomic E-state index is 0.0276. The summed E-state index contributed by atoms with van der Waals surface area (Å²) in [4.78, 5) is 17.8. The van der Waals surface area contributed by atoms with Gasteiger partial charge >= 0.3 is 0 Å². The van der Waals surface area contributed by atoms with Crippen molar-refractivity contribution in [3.63, 3.8) is 0 Å². The zero-order valence-electron chi connectivity index (χ0n) is 20.3. The van der Waals surface area contributed by atoms with E-state index in [4.69, 9.17) is 4.74 Å². The van der Waals surface area contributed by atoms with Gasteiger partial charge in [0.05, 0.1) is 12.0 Å². The van der Waals surface area contributed by atoms with Gasteiger partial charge in [-0.25, -0.2) is 13.4 Å². The number of benzene rings is 2. The Morgan fingerprint density at radius 3 is 2.31 bits per heavy atom. The number of hydrogen-bond donors (Lipinski definition) is 1. The van der Waals surface area contributed by atoms with Crippen LogP contribution in [-0.2, 0) is 17.1 Å². The Morgan fingerprint density at radius 1 is 1.09 bits per heavy atom. The summed E-state index contributed by atoms with van der Waals surface area (Å²) in [6, 6.07) is 13.1. The van der Waals surface area contributed by atoms with Gasteiger partial charge in [-0.1, -0.05) is 31.4 Å². The Balaban J connectivity index is 1.54. The van der Waals surface area contributed by atoms with Gasteiger partial charge in [0.15, 0.2) is 0 Å². The fourth-order valence-electron chi connectivity index (χ4n) is 4.55. The molecule has 35 heavy (non-hydrogen) atoms. The number of carbonyl (C=O) groups excluding carboxylic acids is 1. The molecule has 0 bridgehead atoms. The molecule has 1 heterocycles. The summed E-state index contributed by atoms with van der Waals surface area (Å²) in [6.07, 6.45) is 8.53. The van der Waals surface area contributed by atoms with Crippen LogP contribution in [0.4, 0.5) is 0 Å². The van der Waals surface area contributed by atoms with E-state index < -0.39 is 16.1 Å². The first kappa shape index (κ1) is 24.9. The highest BCUT2D eigenvalue weighted by Crippen LogP contribution is 2.27. The van der Waals surface area contributed by atoms with E-state index in [-0.39, 0.29) is 16.8 Å². The number of aryl methyl sites for hydroxylation is 1. The second kappa shape index (κ2) is 10.6. The molecule has 186 valence electrons. The zero-order chi connectivity index (χ0) is 25.0. The Labute approximate surface area is 207 Å². The van der Waals surface area contributed by atoms with Gasteiger partial charge in [0.1, 0.15) is 17.6 Å². The number of hydrogen-bond acceptors (Lipinski definition) is 5. The third-order valence-electron chi connectivity index (χ3n) is 6.72. The Hall–Kier alpha value is -3.17. The highest BCUT2D eigenvalue weighted by atomic mass is 32.2. The number of amides is 1. The van der Waals surface area contributed by atoms with Gasteiger partial charge in [-0.2, -0.15) is 4.31 Å². The predicted molar refractivity (Wildman–Crippen MR) is 134 cm³/mol. The number of rotatable bonds is 8. The first-order valence-corrected chi connectivity index (χ1v) is 13.3. The van der Waals surface area contributed by atoms with Crippen molar-refractivity contribution in [1.82, 2.24) is 19.2 Å². The maximum atomic E-state index is 13.2. The third kappa shape index (κ3) is 5.41. The molecule has 0 aliphatic heterocycles. The van der Waals surface area contributed by atoms with Crippen molar-refractivity contribution in [2.75, 3.05) is 14.2 Å². The van der Waals surface area contributed by atoms with E-state index in [0.717, 1.165) is 37.7 Å². The molecular formula is C26H32N4O4S. The lowest BCUT2D eigenvalue weighted by Gasteiger charge is -2.30. The van der Waals surface area contributed by atoms with Gasteiger partial charge in [0, 0.05) is 38.1 Å². The third-order valence-corrected chi connectivity index (χ3v) is 8.65. The Morgan fingerprint density at radius 2 is 1.74 bits per heavy atom. The fourth-order valence-corrected chi connectivity index (χ4v) is 5.96. The van der Waals surface area contributed by atoms with Crippen molar-refractivity contribution in [2.24, 2.45) is 7.05 Å². The first-order chi connectivity index (χ1) is 16.8. The highest BCUT2D eigenvalue weighted by molar-refractivity contribution is 7.89. The van der Waals surface area contributed by atoms with E-state index in [9.17, 15) is 13.2 Å². The molecule has 0 radical (unpaired) electrons. The van der Waals surface area contributed by atoms with Crippen LogP contribution in [0.25, 0.3) is 0 Å². The molecule has 2 aromatic carbocycles. The number of aromatic nitrogens is 2. The molecule has 1 atom stereocenters. The quantitative estimate of drug-likeness (QED) is 0.511. The molecule has 0 spiro atoms. The van der Waals surface area contributed by atoms with Crippen LogP contribution in [0.3, 0.4) is 0 Å². The van der Waals surface area contributed by atoms with E-state index in [1.165, 1.54) is 16.4 Å². The van der Waals surface area contributed by atoms with E-state index in [1.54, 1.807) is 32.5 Å². The number of nitrogens with one attached hydrogen (secondary N) is 1. The van der Waals surface area contributed by atoms with Crippen molar-refractivity contribution < 1.29 is 17.9 Å². The predicted octanol–water partition coefficient (Wildman–Crippen LogP) is 3.90. The number of nitrogens with zero attached hydrogens (tertiary/aromatic N) is 3. The summed E-state index contributed by atoms with van der Waals surface area (Å²) in [5.41, 5.74) is 1.22.